The van der Waals surface area contributed by atoms with Gasteiger partial charge in [-0.1, -0.05) is 33.1 Å². The zero-order chi connectivity index (χ0) is 13.3. The molecular weight excluding hydrogens is 230 g/mol. The molecule has 0 saturated heterocycles. The predicted molar refractivity (Wildman–Crippen MR) is 82.2 cm³/mol. The summed E-state index contributed by atoms with van der Waals surface area (Å²) in [5.41, 5.74) is 0.578. The molecule has 0 aromatic carbocycles. The van der Waals surface area contributed by atoms with E-state index in [0.29, 0.717) is 5.54 Å². The first-order valence-corrected chi connectivity index (χ1v) is 8.98. The zero-order valence-corrected chi connectivity index (χ0v) is 13.1. The second-order valence-electron chi connectivity index (χ2n) is 8.00. The van der Waals surface area contributed by atoms with Gasteiger partial charge in [0.25, 0.3) is 0 Å². The van der Waals surface area contributed by atoms with Gasteiger partial charge in [0.05, 0.1) is 0 Å². The predicted octanol–water partition coefficient (Wildman–Crippen LogP) is 4.76. The van der Waals surface area contributed by atoms with Crippen LogP contribution in [0.2, 0.25) is 0 Å². The summed E-state index contributed by atoms with van der Waals surface area (Å²) in [6.07, 6.45) is 14.8. The van der Waals surface area contributed by atoms with Crippen molar-refractivity contribution in [1.29, 1.82) is 0 Å². The number of nitrogens with one attached hydrogen (secondary N) is 1. The van der Waals surface area contributed by atoms with E-state index in [2.05, 4.69) is 19.2 Å². The van der Waals surface area contributed by atoms with E-state index in [1.807, 2.05) is 0 Å². The summed E-state index contributed by atoms with van der Waals surface area (Å²) < 4.78 is 0. The Labute approximate surface area is 119 Å². The first kappa shape index (κ1) is 13.9. The van der Waals surface area contributed by atoms with E-state index >= 15 is 0 Å². The van der Waals surface area contributed by atoms with E-state index in [-0.39, 0.29) is 0 Å². The quantitative estimate of drug-likeness (QED) is 0.698. The molecule has 0 spiro atoms. The van der Waals surface area contributed by atoms with E-state index in [9.17, 15) is 0 Å². The fourth-order valence-electron chi connectivity index (χ4n) is 5.63. The van der Waals surface area contributed by atoms with Crippen molar-refractivity contribution < 1.29 is 0 Å². The molecule has 110 valence electrons. The summed E-state index contributed by atoms with van der Waals surface area (Å²) in [6.45, 7) is 5.99. The fourth-order valence-corrected chi connectivity index (χ4v) is 5.63. The van der Waals surface area contributed by atoms with Gasteiger partial charge in [0.1, 0.15) is 0 Å². The zero-order valence-electron chi connectivity index (χ0n) is 13.1. The monoisotopic (exact) mass is 263 g/mol. The van der Waals surface area contributed by atoms with Crippen molar-refractivity contribution in [2.24, 2.45) is 23.7 Å². The van der Waals surface area contributed by atoms with E-state index in [1.165, 1.54) is 51.5 Å². The van der Waals surface area contributed by atoms with Crippen molar-refractivity contribution in [3.05, 3.63) is 0 Å². The van der Waals surface area contributed by atoms with Crippen LogP contribution in [0.3, 0.4) is 0 Å². The summed E-state index contributed by atoms with van der Waals surface area (Å²) in [7, 11) is 0. The standard InChI is InChI=1S/C18H33N/c1-3-5-6-14(4-2)13-19-18-10-15-7-16(11-18)9-17(8-15)12-18/h14-17,19H,3-13H2,1-2H3. The third-order valence-electron chi connectivity index (χ3n) is 6.35. The minimum absolute atomic E-state index is 0.578. The molecule has 0 amide bonds. The van der Waals surface area contributed by atoms with E-state index in [4.69, 9.17) is 0 Å². The highest BCUT2D eigenvalue weighted by molar-refractivity contribution is 5.06. The van der Waals surface area contributed by atoms with Crippen LogP contribution in [0.4, 0.5) is 0 Å². The topological polar surface area (TPSA) is 12.0 Å². The van der Waals surface area contributed by atoms with Crippen LogP contribution >= 0.6 is 0 Å². The van der Waals surface area contributed by atoms with E-state index < -0.39 is 0 Å². The molecule has 4 fully saturated rings. The van der Waals surface area contributed by atoms with E-state index in [0.717, 1.165) is 23.7 Å². The van der Waals surface area contributed by atoms with Gasteiger partial charge in [-0.15, -0.1) is 0 Å². The van der Waals surface area contributed by atoms with Gasteiger partial charge < -0.3 is 5.32 Å². The van der Waals surface area contributed by atoms with Crippen molar-refractivity contribution in [3.8, 4) is 0 Å². The molecule has 4 aliphatic carbocycles. The average molecular weight is 263 g/mol. The Morgan fingerprint density at radius 1 is 1.00 bits per heavy atom. The number of hydrogen-bond donors (Lipinski definition) is 1. The van der Waals surface area contributed by atoms with Crippen LogP contribution in [0, 0.1) is 23.7 Å². The lowest BCUT2D eigenvalue weighted by Crippen LogP contribution is -2.59. The molecule has 1 N–H and O–H groups in total. The molecule has 1 unspecified atom stereocenters. The first-order chi connectivity index (χ1) is 9.23. The molecule has 0 aromatic heterocycles. The van der Waals surface area contributed by atoms with Gasteiger partial charge in [0.2, 0.25) is 0 Å². The summed E-state index contributed by atoms with van der Waals surface area (Å²) in [5.74, 6) is 4.16. The van der Waals surface area contributed by atoms with Crippen LogP contribution in [-0.4, -0.2) is 12.1 Å². The second-order valence-corrected chi connectivity index (χ2v) is 8.00. The summed E-state index contributed by atoms with van der Waals surface area (Å²) in [5, 5.41) is 4.09. The lowest BCUT2D eigenvalue weighted by molar-refractivity contribution is -0.0215. The first-order valence-electron chi connectivity index (χ1n) is 8.98. The Bertz CT molecular complexity index is 261. The van der Waals surface area contributed by atoms with Gasteiger partial charge in [-0.2, -0.15) is 0 Å². The number of rotatable bonds is 7. The van der Waals surface area contributed by atoms with Crippen molar-refractivity contribution in [2.75, 3.05) is 6.54 Å². The average Bonchev–Trinajstić information content (AvgIpc) is 2.37. The third-order valence-corrected chi connectivity index (χ3v) is 6.35. The van der Waals surface area contributed by atoms with Crippen molar-refractivity contribution in [2.45, 2.75) is 83.6 Å². The Kier molecular flexibility index (Phi) is 4.22. The molecule has 0 radical (unpaired) electrons. The lowest BCUT2D eigenvalue weighted by Gasteiger charge is -2.57. The molecule has 0 aliphatic heterocycles. The van der Waals surface area contributed by atoms with Crippen LogP contribution in [0.15, 0.2) is 0 Å². The van der Waals surface area contributed by atoms with Crippen LogP contribution in [0.5, 0.6) is 0 Å². The molecule has 4 rings (SSSR count). The molecule has 0 heterocycles. The Hall–Kier alpha value is -0.0400. The maximum atomic E-state index is 4.09. The highest BCUT2D eigenvalue weighted by Gasteiger charge is 2.50. The van der Waals surface area contributed by atoms with E-state index in [1.54, 1.807) is 19.3 Å². The molecule has 4 aliphatic rings. The number of hydrogen-bond acceptors (Lipinski definition) is 1. The second kappa shape index (κ2) is 5.76. The summed E-state index contributed by atoms with van der Waals surface area (Å²) in [4.78, 5) is 0. The molecule has 1 nitrogen and oxygen atoms in total. The summed E-state index contributed by atoms with van der Waals surface area (Å²) >= 11 is 0. The molecule has 0 aromatic rings. The van der Waals surface area contributed by atoms with Gasteiger partial charge in [-0.25, -0.2) is 0 Å². The minimum atomic E-state index is 0.578. The largest absolute Gasteiger partial charge is 0.311 e. The molecule has 1 atom stereocenters. The maximum Gasteiger partial charge on any atom is 0.0189 e. The van der Waals surface area contributed by atoms with Crippen molar-refractivity contribution >= 4 is 0 Å². The van der Waals surface area contributed by atoms with Gasteiger partial charge in [0.15, 0.2) is 0 Å². The van der Waals surface area contributed by atoms with Gasteiger partial charge in [-0.3, -0.25) is 0 Å². The molecule has 19 heavy (non-hydrogen) atoms. The lowest BCUT2D eigenvalue weighted by atomic mass is 9.53. The van der Waals surface area contributed by atoms with Gasteiger partial charge >= 0.3 is 0 Å². The van der Waals surface area contributed by atoms with Crippen LogP contribution in [0.25, 0.3) is 0 Å². The third kappa shape index (κ3) is 3.01. The van der Waals surface area contributed by atoms with Crippen LogP contribution < -0.4 is 5.32 Å². The Morgan fingerprint density at radius 2 is 1.58 bits per heavy atom. The minimum Gasteiger partial charge on any atom is -0.311 e. The molecule has 1 heteroatoms. The fraction of sp³-hybridized carbons (Fsp3) is 1.00. The Balaban J connectivity index is 1.54. The highest BCUT2D eigenvalue weighted by Crippen LogP contribution is 2.55. The normalized spacial score (nSPS) is 41.7. The summed E-state index contributed by atoms with van der Waals surface area (Å²) in [6, 6.07) is 0. The molecular formula is C18H33N. The molecule has 4 saturated carbocycles. The van der Waals surface area contributed by atoms with Crippen molar-refractivity contribution in [3.63, 3.8) is 0 Å². The van der Waals surface area contributed by atoms with Crippen LogP contribution in [-0.2, 0) is 0 Å². The van der Waals surface area contributed by atoms with Crippen LogP contribution in [0.1, 0.15) is 78.1 Å². The number of unbranched alkanes of at least 4 members (excludes halogenated alkanes) is 1. The highest BCUT2D eigenvalue weighted by atomic mass is 15.0. The molecule has 4 bridgehead atoms. The smallest absolute Gasteiger partial charge is 0.0189 e. The van der Waals surface area contributed by atoms with Gasteiger partial charge in [0, 0.05) is 5.54 Å². The maximum absolute atomic E-state index is 4.09. The Morgan fingerprint density at radius 3 is 2.05 bits per heavy atom. The van der Waals surface area contributed by atoms with Gasteiger partial charge in [-0.05, 0) is 75.2 Å². The van der Waals surface area contributed by atoms with Crippen molar-refractivity contribution in [1.82, 2.24) is 5.32 Å². The SMILES string of the molecule is CCCCC(CC)CNC12CC3CC(CC(C3)C1)C2.